The van der Waals surface area contributed by atoms with E-state index in [1.54, 1.807) is 18.2 Å². The molecule has 0 saturated heterocycles. The standard InChI is InChI=1S/C11H8Cl2N2O.K.H/c1-6-8(12)4-7(5-9(6)13)10-2-3-11(16)15-14-10;;/h2-5H,1H3,(H,15,16);;/q;+1;-1. The van der Waals surface area contributed by atoms with Crippen LogP contribution in [-0.4, -0.2) is 10.2 Å². The number of aromatic nitrogens is 2. The van der Waals surface area contributed by atoms with Crippen LogP contribution < -0.4 is 56.9 Å². The van der Waals surface area contributed by atoms with Crippen molar-refractivity contribution >= 4 is 23.2 Å². The van der Waals surface area contributed by atoms with Crippen LogP contribution in [0.1, 0.15) is 6.99 Å². The molecule has 84 valence electrons. The summed E-state index contributed by atoms with van der Waals surface area (Å²) in [5.74, 6) is 0. The number of aromatic amines is 1. The van der Waals surface area contributed by atoms with Gasteiger partial charge >= 0.3 is 51.4 Å². The first-order valence-corrected chi connectivity index (χ1v) is 5.35. The van der Waals surface area contributed by atoms with E-state index in [1.807, 2.05) is 6.92 Å². The van der Waals surface area contributed by atoms with Crippen LogP contribution in [0.25, 0.3) is 11.3 Å². The van der Waals surface area contributed by atoms with Gasteiger partial charge in [-0.05, 0) is 30.7 Å². The summed E-state index contributed by atoms with van der Waals surface area (Å²) in [7, 11) is 0. The zero-order valence-electron chi connectivity index (χ0n) is 10.4. The Morgan fingerprint density at radius 3 is 2.29 bits per heavy atom. The molecule has 6 heteroatoms. The van der Waals surface area contributed by atoms with Gasteiger partial charge in [-0.25, -0.2) is 5.10 Å². The predicted molar refractivity (Wildman–Crippen MR) is 66.2 cm³/mol. The van der Waals surface area contributed by atoms with Crippen molar-refractivity contribution in [3.63, 3.8) is 0 Å². The smallest absolute Gasteiger partial charge is 1.00 e. The largest absolute Gasteiger partial charge is 1.00 e. The molecule has 17 heavy (non-hydrogen) atoms. The van der Waals surface area contributed by atoms with Crippen molar-refractivity contribution in [1.82, 2.24) is 10.2 Å². The molecule has 0 unspecified atom stereocenters. The molecule has 1 aromatic carbocycles. The van der Waals surface area contributed by atoms with Crippen LogP contribution in [0.4, 0.5) is 0 Å². The SMILES string of the molecule is Cc1c(Cl)cc(-c2ccc(=O)[nH]n2)cc1Cl.[H-].[K+]. The van der Waals surface area contributed by atoms with Gasteiger partial charge in [-0.15, -0.1) is 0 Å². The molecule has 0 bridgehead atoms. The van der Waals surface area contributed by atoms with E-state index in [4.69, 9.17) is 23.2 Å². The Morgan fingerprint density at radius 1 is 1.24 bits per heavy atom. The minimum atomic E-state index is -0.243. The molecule has 0 spiro atoms. The van der Waals surface area contributed by atoms with Crippen LogP contribution in [0.15, 0.2) is 29.1 Å². The molecule has 0 amide bonds. The van der Waals surface area contributed by atoms with Gasteiger partial charge in [-0.2, -0.15) is 5.10 Å². The molecule has 0 aliphatic heterocycles. The average Bonchev–Trinajstić information content (AvgIpc) is 2.26. The summed E-state index contributed by atoms with van der Waals surface area (Å²) >= 11 is 12.0. The van der Waals surface area contributed by atoms with E-state index in [2.05, 4.69) is 10.2 Å². The van der Waals surface area contributed by atoms with Crippen LogP contribution in [0.2, 0.25) is 10.0 Å². The zero-order valence-corrected chi connectivity index (χ0v) is 14.1. The van der Waals surface area contributed by atoms with E-state index in [9.17, 15) is 4.79 Å². The van der Waals surface area contributed by atoms with Gasteiger partial charge in [-0.3, -0.25) is 4.79 Å². The van der Waals surface area contributed by atoms with Crippen LogP contribution in [0.5, 0.6) is 0 Å². The van der Waals surface area contributed by atoms with Crippen molar-refractivity contribution in [2.45, 2.75) is 6.92 Å². The normalized spacial score (nSPS) is 9.82. The molecule has 2 rings (SSSR count). The van der Waals surface area contributed by atoms with Crippen molar-refractivity contribution in [2.75, 3.05) is 0 Å². The molecule has 0 radical (unpaired) electrons. The molecular weight excluding hydrogens is 286 g/mol. The quantitative estimate of drug-likeness (QED) is 0.762. The van der Waals surface area contributed by atoms with Gasteiger partial charge in [0.25, 0.3) is 5.56 Å². The summed E-state index contributed by atoms with van der Waals surface area (Å²) in [6.07, 6.45) is 0. The van der Waals surface area contributed by atoms with Gasteiger partial charge in [0.15, 0.2) is 0 Å². The molecular formula is C11H9Cl2KN2O. The van der Waals surface area contributed by atoms with Crippen molar-refractivity contribution in [3.8, 4) is 11.3 Å². The second-order valence-corrected chi connectivity index (χ2v) is 4.19. The Morgan fingerprint density at radius 2 is 1.82 bits per heavy atom. The fourth-order valence-corrected chi connectivity index (χ4v) is 1.79. The van der Waals surface area contributed by atoms with Crippen LogP contribution in [-0.2, 0) is 0 Å². The summed E-state index contributed by atoms with van der Waals surface area (Å²) in [5, 5.41) is 7.42. The van der Waals surface area contributed by atoms with Crippen molar-refractivity contribution in [3.05, 3.63) is 50.2 Å². The Kier molecular flexibility index (Phi) is 5.85. The number of benzene rings is 1. The van der Waals surface area contributed by atoms with E-state index in [0.29, 0.717) is 15.7 Å². The minimum Gasteiger partial charge on any atom is -1.00 e. The van der Waals surface area contributed by atoms with Crippen LogP contribution >= 0.6 is 23.2 Å². The van der Waals surface area contributed by atoms with Crippen LogP contribution in [0, 0.1) is 6.92 Å². The van der Waals surface area contributed by atoms with E-state index in [0.717, 1.165) is 11.1 Å². The summed E-state index contributed by atoms with van der Waals surface area (Å²) in [6.45, 7) is 1.84. The zero-order chi connectivity index (χ0) is 11.7. The summed E-state index contributed by atoms with van der Waals surface area (Å²) in [6, 6.07) is 6.56. The summed E-state index contributed by atoms with van der Waals surface area (Å²) < 4.78 is 0. The minimum absolute atomic E-state index is 0. The second kappa shape index (κ2) is 6.47. The molecule has 3 nitrogen and oxygen atoms in total. The monoisotopic (exact) mass is 294 g/mol. The Labute approximate surface area is 152 Å². The maximum absolute atomic E-state index is 10.9. The fourth-order valence-electron chi connectivity index (χ4n) is 1.30. The summed E-state index contributed by atoms with van der Waals surface area (Å²) in [4.78, 5) is 10.9. The maximum atomic E-state index is 10.9. The van der Waals surface area contributed by atoms with E-state index in [-0.39, 0.29) is 58.4 Å². The molecule has 1 heterocycles. The molecule has 0 atom stereocenters. The number of halogens is 2. The van der Waals surface area contributed by atoms with Gasteiger partial charge in [-0.1, -0.05) is 23.2 Å². The predicted octanol–water partition coefficient (Wildman–Crippen LogP) is 0.169. The second-order valence-electron chi connectivity index (χ2n) is 3.37. The number of rotatable bonds is 1. The molecule has 0 fully saturated rings. The van der Waals surface area contributed by atoms with Gasteiger partial charge in [0.1, 0.15) is 0 Å². The van der Waals surface area contributed by atoms with Gasteiger partial charge in [0.05, 0.1) is 5.69 Å². The summed E-state index contributed by atoms with van der Waals surface area (Å²) in [5.41, 5.74) is 1.99. The first-order chi connectivity index (χ1) is 7.58. The third kappa shape index (κ3) is 3.64. The number of nitrogens with one attached hydrogen (secondary N) is 1. The number of hydrogen-bond acceptors (Lipinski definition) is 2. The fraction of sp³-hybridized carbons (Fsp3) is 0.0909. The van der Waals surface area contributed by atoms with E-state index < -0.39 is 0 Å². The Hall–Kier alpha value is 0.316. The maximum Gasteiger partial charge on any atom is 1.00 e. The number of nitrogens with zero attached hydrogens (tertiary/aromatic N) is 1. The van der Waals surface area contributed by atoms with Crippen LogP contribution in [0.3, 0.4) is 0 Å². The molecule has 1 aromatic heterocycles. The number of H-pyrrole nitrogens is 1. The number of hydrogen-bond donors (Lipinski definition) is 1. The Bertz CT molecular complexity index is 560. The van der Waals surface area contributed by atoms with E-state index >= 15 is 0 Å². The Balaban J connectivity index is 0.00000144. The molecule has 0 aliphatic carbocycles. The molecule has 2 aromatic rings. The third-order valence-corrected chi connectivity index (χ3v) is 3.04. The van der Waals surface area contributed by atoms with Gasteiger partial charge < -0.3 is 1.43 Å². The van der Waals surface area contributed by atoms with Crippen molar-refractivity contribution in [1.29, 1.82) is 0 Å². The topological polar surface area (TPSA) is 45.8 Å². The van der Waals surface area contributed by atoms with E-state index in [1.165, 1.54) is 6.07 Å². The van der Waals surface area contributed by atoms with Gasteiger partial charge in [0.2, 0.25) is 0 Å². The molecule has 0 saturated carbocycles. The van der Waals surface area contributed by atoms with Crippen molar-refractivity contribution < 1.29 is 52.8 Å². The third-order valence-electron chi connectivity index (χ3n) is 2.26. The average molecular weight is 295 g/mol. The van der Waals surface area contributed by atoms with Gasteiger partial charge in [0, 0.05) is 21.7 Å². The first-order valence-electron chi connectivity index (χ1n) is 4.59. The molecule has 1 N–H and O–H groups in total. The van der Waals surface area contributed by atoms with Crippen molar-refractivity contribution in [2.24, 2.45) is 0 Å². The first kappa shape index (κ1) is 15.4. The molecule has 0 aliphatic rings.